The van der Waals surface area contributed by atoms with E-state index in [1.165, 1.54) is 4.31 Å². The summed E-state index contributed by atoms with van der Waals surface area (Å²) in [5, 5.41) is 0. The topological polar surface area (TPSA) is 66.9 Å². The van der Waals surface area contributed by atoms with Crippen LogP contribution in [0.25, 0.3) is 0 Å². The van der Waals surface area contributed by atoms with Gasteiger partial charge in [0.15, 0.2) is 0 Å². The van der Waals surface area contributed by atoms with Crippen molar-refractivity contribution in [2.45, 2.75) is 57.6 Å². The van der Waals surface area contributed by atoms with Crippen LogP contribution in [0.2, 0.25) is 0 Å². The SMILES string of the molecule is Cc1ccc(S(=O)(=O)N2CCCN(C(=O)OC(C)(C)C)C[C@@H]2C)cc1. The van der Waals surface area contributed by atoms with Crippen LogP contribution in [0.4, 0.5) is 4.79 Å². The van der Waals surface area contributed by atoms with Crippen LogP contribution in [0.5, 0.6) is 0 Å². The van der Waals surface area contributed by atoms with Gasteiger partial charge in [-0.15, -0.1) is 0 Å². The molecule has 0 bridgehead atoms. The molecule has 140 valence electrons. The fourth-order valence-corrected chi connectivity index (χ4v) is 4.49. The zero-order valence-corrected chi connectivity index (χ0v) is 16.5. The highest BCUT2D eigenvalue weighted by atomic mass is 32.2. The maximum atomic E-state index is 13.0. The van der Waals surface area contributed by atoms with E-state index in [4.69, 9.17) is 4.74 Å². The number of sulfonamides is 1. The number of benzene rings is 1. The van der Waals surface area contributed by atoms with Gasteiger partial charge in [-0.1, -0.05) is 17.7 Å². The van der Waals surface area contributed by atoms with Gasteiger partial charge in [-0.2, -0.15) is 4.31 Å². The minimum Gasteiger partial charge on any atom is -0.444 e. The Morgan fingerprint density at radius 2 is 1.76 bits per heavy atom. The predicted octanol–water partition coefficient (Wildman–Crippen LogP) is 3.02. The first kappa shape index (κ1) is 19.7. The molecule has 1 heterocycles. The second kappa shape index (κ2) is 7.33. The molecule has 1 aliphatic rings. The fourth-order valence-electron chi connectivity index (χ4n) is 2.83. The molecule has 0 aromatic heterocycles. The van der Waals surface area contributed by atoms with Crippen molar-refractivity contribution in [3.63, 3.8) is 0 Å². The Morgan fingerprint density at radius 3 is 2.32 bits per heavy atom. The van der Waals surface area contributed by atoms with Crippen molar-refractivity contribution in [1.82, 2.24) is 9.21 Å². The molecule has 0 N–H and O–H groups in total. The minimum absolute atomic E-state index is 0.288. The van der Waals surface area contributed by atoms with Gasteiger partial charge in [0.1, 0.15) is 5.60 Å². The Balaban J connectivity index is 2.17. The highest BCUT2D eigenvalue weighted by Gasteiger charge is 2.34. The van der Waals surface area contributed by atoms with E-state index < -0.39 is 21.7 Å². The molecule has 0 saturated carbocycles. The van der Waals surface area contributed by atoms with Crippen molar-refractivity contribution in [1.29, 1.82) is 0 Å². The molecule has 1 aromatic carbocycles. The molecule has 0 aliphatic carbocycles. The largest absolute Gasteiger partial charge is 0.444 e. The number of carbonyl (C=O) groups excluding carboxylic acids is 1. The summed E-state index contributed by atoms with van der Waals surface area (Å²) >= 11 is 0. The summed E-state index contributed by atoms with van der Waals surface area (Å²) < 4.78 is 32.8. The summed E-state index contributed by atoms with van der Waals surface area (Å²) in [5.74, 6) is 0. The van der Waals surface area contributed by atoms with Gasteiger partial charge in [0.25, 0.3) is 0 Å². The highest BCUT2D eigenvalue weighted by molar-refractivity contribution is 7.89. The van der Waals surface area contributed by atoms with Gasteiger partial charge < -0.3 is 9.64 Å². The summed E-state index contributed by atoms with van der Waals surface area (Å²) in [6.07, 6.45) is 0.184. The molecule has 0 unspecified atom stereocenters. The molecular formula is C18H28N2O4S. The number of hydrogen-bond donors (Lipinski definition) is 0. The maximum absolute atomic E-state index is 13.0. The number of rotatable bonds is 2. The van der Waals surface area contributed by atoms with Gasteiger partial charge in [0.2, 0.25) is 10.0 Å². The third-order valence-electron chi connectivity index (χ3n) is 4.06. The molecule has 1 atom stereocenters. The van der Waals surface area contributed by atoms with Crippen LogP contribution in [0.1, 0.15) is 39.7 Å². The van der Waals surface area contributed by atoms with E-state index in [2.05, 4.69) is 0 Å². The number of nitrogens with zero attached hydrogens (tertiary/aromatic N) is 2. The Morgan fingerprint density at radius 1 is 1.16 bits per heavy atom. The molecular weight excluding hydrogens is 340 g/mol. The van der Waals surface area contributed by atoms with Crippen LogP contribution in [-0.4, -0.2) is 55.0 Å². The smallest absolute Gasteiger partial charge is 0.410 e. The van der Waals surface area contributed by atoms with Gasteiger partial charge in [-0.25, -0.2) is 13.2 Å². The number of aryl methyl sites for hydroxylation is 1. The van der Waals surface area contributed by atoms with Crippen LogP contribution in [0.15, 0.2) is 29.2 Å². The van der Waals surface area contributed by atoms with Crippen molar-refractivity contribution < 1.29 is 17.9 Å². The molecule has 0 radical (unpaired) electrons. The van der Waals surface area contributed by atoms with Crippen LogP contribution in [-0.2, 0) is 14.8 Å². The van der Waals surface area contributed by atoms with Gasteiger partial charge >= 0.3 is 6.09 Å². The van der Waals surface area contributed by atoms with Crippen LogP contribution < -0.4 is 0 Å². The molecule has 2 rings (SSSR count). The Bertz CT molecular complexity index is 708. The summed E-state index contributed by atoms with van der Waals surface area (Å²) in [6.45, 7) is 10.4. The van der Waals surface area contributed by atoms with E-state index in [9.17, 15) is 13.2 Å². The lowest BCUT2D eigenvalue weighted by Gasteiger charge is -2.30. The van der Waals surface area contributed by atoms with E-state index in [-0.39, 0.29) is 10.9 Å². The van der Waals surface area contributed by atoms with E-state index in [1.807, 2.05) is 34.6 Å². The summed E-state index contributed by atoms with van der Waals surface area (Å²) in [5.41, 5.74) is 0.444. The zero-order valence-electron chi connectivity index (χ0n) is 15.7. The quantitative estimate of drug-likeness (QED) is 0.805. The Kier molecular flexibility index (Phi) is 5.79. The first-order valence-electron chi connectivity index (χ1n) is 8.57. The number of ether oxygens (including phenoxy) is 1. The molecule has 6 nitrogen and oxygen atoms in total. The predicted molar refractivity (Wildman–Crippen MR) is 97.0 cm³/mol. The van der Waals surface area contributed by atoms with Gasteiger partial charge in [0, 0.05) is 25.7 Å². The molecule has 1 fully saturated rings. The lowest BCUT2D eigenvalue weighted by molar-refractivity contribution is 0.0244. The Labute approximate surface area is 150 Å². The van der Waals surface area contributed by atoms with E-state index in [1.54, 1.807) is 29.2 Å². The van der Waals surface area contributed by atoms with Crippen molar-refractivity contribution in [3.05, 3.63) is 29.8 Å². The van der Waals surface area contributed by atoms with Gasteiger partial charge in [0.05, 0.1) is 4.90 Å². The average Bonchev–Trinajstić information content (AvgIpc) is 2.68. The number of hydrogen-bond acceptors (Lipinski definition) is 4. The first-order chi connectivity index (χ1) is 11.5. The third-order valence-corrected chi connectivity index (χ3v) is 6.09. The Hall–Kier alpha value is -1.60. The van der Waals surface area contributed by atoms with Gasteiger partial charge in [-0.3, -0.25) is 0 Å². The molecule has 25 heavy (non-hydrogen) atoms. The molecule has 1 aromatic rings. The van der Waals surface area contributed by atoms with Crippen LogP contribution in [0.3, 0.4) is 0 Å². The molecule has 0 spiro atoms. The molecule has 1 amide bonds. The average molecular weight is 368 g/mol. The highest BCUT2D eigenvalue weighted by Crippen LogP contribution is 2.22. The first-order valence-corrected chi connectivity index (χ1v) is 10.0. The standard InChI is InChI=1S/C18H28N2O4S/c1-14-7-9-16(10-8-14)25(22,23)20-12-6-11-19(13-15(20)2)17(21)24-18(3,4)5/h7-10,15H,6,11-13H2,1-5H3/t15-/m0/s1. The second-order valence-electron chi connectivity index (χ2n) is 7.56. The van der Waals surface area contributed by atoms with Crippen molar-refractivity contribution in [2.24, 2.45) is 0 Å². The zero-order chi connectivity index (χ0) is 18.8. The minimum atomic E-state index is -3.58. The van der Waals surface area contributed by atoms with E-state index in [0.29, 0.717) is 26.1 Å². The van der Waals surface area contributed by atoms with Crippen molar-refractivity contribution in [3.8, 4) is 0 Å². The summed E-state index contributed by atoms with van der Waals surface area (Å²) in [4.78, 5) is 14.2. The second-order valence-corrected chi connectivity index (χ2v) is 9.45. The normalized spacial score (nSPS) is 20.2. The monoisotopic (exact) mass is 368 g/mol. The summed E-state index contributed by atoms with van der Waals surface area (Å²) in [7, 11) is -3.58. The molecule has 1 aliphatic heterocycles. The van der Waals surface area contributed by atoms with Crippen LogP contribution in [0, 0.1) is 6.92 Å². The van der Waals surface area contributed by atoms with Crippen molar-refractivity contribution in [2.75, 3.05) is 19.6 Å². The summed E-state index contributed by atoms with van der Waals surface area (Å²) in [6, 6.07) is 6.54. The van der Waals surface area contributed by atoms with Crippen LogP contribution >= 0.6 is 0 Å². The maximum Gasteiger partial charge on any atom is 0.410 e. The van der Waals surface area contributed by atoms with E-state index in [0.717, 1.165) is 5.56 Å². The van der Waals surface area contributed by atoms with E-state index >= 15 is 0 Å². The van der Waals surface area contributed by atoms with Gasteiger partial charge in [-0.05, 0) is 53.2 Å². The third kappa shape index (κ3) is 4.95. The van der Waals surface area contributed by atoms with Crippen molar-refractivity contribution >= 4 is 16.1 Å². The molecule has 7 heteroatoms. The fraction of sp³-hybridized carbons (Fsp3) is 0.611. The lowest BCUT2D eigenvalue weighted by atomic mass is 10.2. The lowest BCUT2D eigenvalue weighted by Crippen LogP contribution is -2.45. The number of amides is 1. The molecule has 1 saturated heterocycles. The number of carbonyl (C=O) groups is 1.